The van der Waals surface area contributed by atoms with Gasteiger partial charge in [0.05, 0.1) is 0 Å². The predicted octanol–water partition coefficient (Wildman–Crippen LogP) is 1.37. The molecule has 58 valence electrons. The molecule has 1 fully saturated rings. The molecule has 0 saturated carbocycles. The maximum absolute atomic E-state index is 5.26. The summed E-state index contributed by atoms with van der Waals surface area (Å²) in [5, 5.41) is 0. The summed E-state index contributed by atoms with van der Waals surface area (Å²) < 4.78 is 15.4. The molecule has 0 spiro atoms. The van der Waals surface area contributed by atoms with E-state index in [0.29, 0.717) is 11.7 Å². The van der Waals surface area contributed by atoms with Crippen molar-refractivity contribution in [3.63, 3.8) is 0 Å². The van der Waals surface area contributed by atoms with Crippen molar-refractivity contribution in [2.45, 2.75) is 0 Å². The van der Waals surface area contributed by atoms with Gasteiger partial charge in [-0.15, -0.1) is 0 Å². The fourth-order valence-corrected chi connectivity index (χ4v) is 1.26. The molecule has 0 aliphatic carbocycles. The van der Waals surface area contributed by atoms with E-state index in [-0.39, 0.29) is 0 Å². The first kappa shape index (κ1) is 6.00. The quantitative estimate of drug-likeness (QED) is 0.580. The largest absolute Gasteiger partial charge is 0.868 e. The summed E-state index contributed by atoms with van der Waals surface area (Å²) in [5.41, 5.74) is 0.993. The van der Waals surface area contributed by atoms with Crippen LogP contribution in [-0.4, -0.2) is 7.32 Å². The first-order valence-electron chi connectivity index (χ1n) is 3.73. The van der Waals surface area contributed by atoms with Gasteiger partial charge in [0.1, 0.15) is 0 Å². The number of rotatable bonds is 1. The van der Waals surface area contributed by atoms with E-state index in [0.717, 1.165) is 5.56 Å². The van der Waals surface area contributed by atoms with Gasteiger partial charge in [-0.25, -0.2) is 0 Å². The summed E-state index contributed by atoms with van der Waals surface area (Å²) in [6.45, 7) is 0. The molecular formula is C8H5BO3. The average Bonchev–Trinajstić information content (AvgIpc) is 2.62. The summed E-state index contributed by atoms with van der Waals surface area (Å²) >= 11 is 0. The summed E-state index contributed by atoms with van der Waals surface area (Å²) in [4.78, 5) is 0. The number of hydrogen-bond donors (Lipinski definition) is 0. The Morgan fingerprint density at radius 2 is 1.67 bits per heavy atom. The van der Waals surface area contributed by atoms with Crippen LogP contribution in [-0.2, 0) is 14.0 Å². The van der Waals surface area contributed by atoms with Crippen LogP contribution in [0.4, 0.5) is 0 Å². The molecule has 0 amide bonds. The summed E-state index contributed by atoms with van der Waals surface area (Å²) in [6.07, 6.45) is 0. The molecule has 3 aliphatic heterocycles. The van der Waals surface area contributed by atoms with E-state index >= 15 is 0 Å². The third-order valence-electron chi connectivity index (χ3n) is 1.84. The molecule has 12 heavy (non-hydrogen) atoms. The molecule has 3 heterocycles. The van der Waals surface area contributed by atoms with E-state index in [1.807, 2.05) is 30.3 Å². The van der Waals surface area contributed by atoms with Gasteiger partial charge in [-0.2, -0.15) is 0 Å². The molecule has 0 radical (unpaired) electrons. The summed E-state index contributed by atoms with van der Waals surface area (Å²) in [6, 6.07) is 9.76. The lowest BCUT2D eigenvalue weighted by Gasteiger charge is -2.13. The Balaban J connectivity index is 2.05. The minimum absolute atomic E-state index is 0.491. The first-order valence-corrected chi connectivity index (χ1v) is 3.73. The van der Waals surface area contributed by atoms with Crippen molar-refractivity contribution < 1.29 is 14.0 Å². The topological polar surface area (TPSA) is 27.7 Å². The van der Waals surface area contributed by atoms with Crippen molar-refractivity contribution in [3.8, 4) is 0 Å². The van der Waals surface area contributed by atoms with Crippen LogP contribution in [0.1, 0.15) is 5.56 Å². The van der Waals surface area contributed by atoms with Crippen LogP contribution in [0.2, 0.25) is 0 Å². The van der Waals surface area contributed by atoms with Gasteiger partial charge in [0, 0.05) is 5.56 Å². The van der Waals surface area contributed by atoms with E-state index < -0.39 is 7.32 Å². The van der Waals surface area contributed by atoms with Crippen LogP contribution in [0.25, 0.3) is 5.76 Å². The highest BCUT2D eigenvalue weighted by atomic mass is 16.9. The number of benzene rings is 1. The van der Waals surface area contributed by atoms with Gasteiger partial charge in [-0.05, 0) is 0 Å². The van der Waals surface area contributed by atoms with Crippen LogP contribution in [0.3, 0.4) is 0 Å². The zero-order chi connectivity index (χ0) is 7.97. The monoisotopic (exact) mass is 160 g/mol. The van der Waals surface area contributed by atoms with Crippen LogP contribution < -0.4 is 0 Å². The van der Waals surface area contributed by atoms with Gasteiger partial charge in [0.2, 0.25) is 0 Å². The Labute approximate surface area is 69.7 Å². The molecular weight excluding hydrogens is 155 g/mol. The Morgan fingerprint density at radius 1 is 0.917 bits per heavy atom. The van der Waals surface area contributed by atoms with Crippen molar-refractivity contribution in [2.24, 2.45) is 0 Å². The molecule has 4 rings (SSSR count). The van der Waals surface area contributed by atoms with E-state index in [9.17, 15) is 0 Å². The van der Waals surface area contributed by atoms with E-state index in [2.05, 4.69) is 0 Å². The molecule has 1 saturated heterocycles. The van der Waals surface area contributed by atoms with Crippen molar-refractivity contribution in [3.05, 3.63) is 41.8 Å². The molecule has 2 bridgehead atoms. The second-order valence-corrected chi connectivity index (χ2v) is 2.62. The highest BCUT2D eigenvalue weighted by Crippen LogP contribution is 2.37. The van der Waals surface area contributed by atoms with Crippen molar-refractivity contribution in [1.82, 2.24) is 0 Å². The third-order valence-corrected chi connectivity index (χ3v) is 1.84. The van der Waals surface area contributed by atoms with Gasteiger partial charge in [-0.3, -0.25) is 0 Å². The lowest BCUT2D eigenvalue weighted by Crippen LogP contribution is -2.28. The maximum Gasteiger partial charge on any atom is 0.868 e. The molecule has 4 heteroatoms. The minimum Gasteiger partial charge on any atom is -0.483 e. The van der Waals surface area contributed by atoms with E-state index in [4.69, 9.17) is 14.0 Å². The second kappa shape index (κ2) is 1.97. The Bertz CT molecular complexity index is 339. The smallest absolute Gasteiger partial charge is 0.483 e. The number of fused-ring (bicyclic) bond motifs is 1. The summed E-state index contributed by atoms with van der Waals surface area (Å²) in [5.74, 6) is 1.21. The van der Waals surface area contributed by atoms with Gasteiger partial charge in [0.15, 0.2) is 5.76 Å². The van der Waals surface area contributed by atoms with Crippen LogP contribution in [0.15, 0.2) is 36.3 Å². The first-order chi connectivity index (χ1) is 5.93. The minimum atomic E-state index is -0.491. The zero-order valence-electron chi connectivity index (χ0n) is 6.19. The van der Waals surface area contributed by atoms with Crippen LogP contribution >= 0.6 is 0 Å². The Kier molecular flexibility index (Phi) is 0.985. The number of hydrogen-bond acceptors (Lipinski definition) is 3. The molecule has 0 aromatic heterocycles. The average molecular weight is 160 g/mol. The normalized spacial score (nSPS) is 17.8. The fraction of sp³-hybridized carbons (Fsp3) is 0. The van der Waals surface area contributed by atoms with Gasteiger partial charge in [0.25, 0.3) is 5.95 Å². The van der Waals surface area contributed by atoms with Crippen LogP contribution in [0.5, 0.6) is 0 Å². The fourth-order valence-electron chi connectivity index (χ4n) is 1.26. The molecule has 3 aliphatic rings. The lowest BCUT2D eigenvalue weighted by atomic mass is 10.2. The van der Waals surface area contributed by atoms with Crippen LogP contribution in [0, 0.1) is 0 Å². The van der Waals surface area contributed by atoms with Gasteiger partial charge in [-0.1, -0.05) is 30.3 Å². The Hall–Kier alpha value is -1.58. The predicted molar refractivity (Wildman–Crippen MR) is 42.4 cm³/mol. The molecule has 1 aromatic rings. The van der Waals surface area contributed by atoms with Crippen molar-refractivity contribution in [1.29, 1.82) is 0 Å². The SMILES string of the molecule is c1ccc(C2=C3OB(O3)O2)cc1. The Morgan fingerprint density at radius 3 is 2.25 bits per heavy atom. The van der Waals surface area contributed by atoms with Crippen molar-refractivity contribution in [2.75, 3.05) is 0 Å². The zero-order valence-corrected chi connectivity index (χ0v) is 6.19. The van der Waals surface area contributed by atoms with Crippen molar-refractivity contribution >= 4 is 13.1 Å². The summed E-state index contributed by atoms with van der Waals surface area (Å²) in [7, 11) is -0.491. The van der Waals surface area contributed by atoms with E-state index in [1.165, 1.54) is 0 Å². The highest BCUT2D eigenvalue weighted by molar-refractivity contribution is 6.43. The lowest BCUT2D eigenvalue weighted by molar-refractivity contribution is 0.0776. The maximum atomic E-state index is 5.26. The third kappa shape index (κ3) is 0.665. The second-order valence-electron chi connectivity index (χ2n) is 2.62. The van der Waals surface area contributed by atoms with E-state index in [1.54, 1.807) is 0 Å². The molecule has 1 aromatic carbocycles. The molecule has 3 nitrogen and oxygen atoms in total. The molecule has 0 N–H and O–H groups in total. The molecule has 0 unspecified atom stereocenters. The standard InChI is InChI=1S/C8H5BO3/c1-2-4-6(5-3-1)7-8-11-9(10-7)12-8/h1-5H. The van der Waals surface area contributed by atoms with Gasteiger partial charge >= 0.3 is 7.32 Å². The molecule has 0 atom stereocenters. The highest BCUT2D eigenvalue weighted by Gasteiger charge is 2.52. The van der Waals surface area contributed by atoms with Gasteiger partial charge < -0.3 is 14.0 Å².